The second-order valence-corrected chi connectivity index (χ2v) is 7.74. The molecule has 0 saturated carbocycles. The smallest absolute Gasteiger partial charge is 0.276 e. The molecule has 1 saturated heterocycles. The lowest BCUT2D eigenvalue weighted by Crippen LogP contribution is -2.48. The lowest BCUT2D eigenvalue weighted by molar-refractivity contribution is 0.0636. The van der Waals surface area contributed by atoms with Gasteiger partial charge in [0.15, 0.2) is 5.69 Å². The molecule has 7 heteroatoms. The van der Waals surface area contributed by atoms with Crippen molar-refractivity contribution < 1.29 is 14.0 Å². The number of carbonyl (C=O) groups excluding carboxylic acids is 2. The molecule has 0 unspecified atom stereocenters. The fraction of sp³-hybridized carbons (Fsp3) is 0.500. The van der Waals surface area contributed by atoms with E-state index < -0.39 is 6.04 Å². The molecule has 7 nitrogen and oxygen atoms in total. The number of rotatable bonds is 6. The Balaban J connectivity index is 1.76. The molecule has 3 rings (SSSR count). The summed E-state index contributed by atoms with van der Waals surface area (Å²) in [5, 5.41) is 2.99. The first-order valence-corrected chi connectivity index (χ1v) is 10.3. The molecule has 0 radical (unpaired) electrons. The standard InChI is InChI=1S/C22H30N4O3/c1-5-25-11-13-26(14-12-25)22(28)19-16(4)29-21(24-19)18(15(2)3)23-20(27)17-9-7-6-8-10-17/h6-10,15,18H,5,11-14H2,1-4H3,(H,23,27)/t18-/m1/s1. The summed E-state index contributed by atoms with van der Waals surface area (Å²) in [5.41, 5.74) is 0.913. The Morgan fingerprint density at radius 2 is 1.79 bits per heavy atom. The molecule has 2 amide bonds. The minimum absolute atomic E-state index is 0.0526. The van der Waals surface area contributed by atoms with Crippen LogP contribution in [0.3, 0.4) is 0 Å². The zero-order valence-corrected chi connectivity index (χ0v) is 17.6. The van der Waals surface area contributed by atoms with Gasteiger partial charge in [-0.2, -0.15) is 0 Å². The number of hydrogen-bond donors (Lipinski definition) is 1. The van der Waals surface area contributed by atoms with Gasteiger partial charge in [0.1, 0.15) is 11.8 Å². The molecule has 1 aliphatic heterocycles. The minimum Gasteiger partial charge on any atom is -0.443 e. The van der Waals surface area contributed by atoms with Gasteiger partial charge in [0.2, 0.25) is 5.89 Å². The third-order valence-corrected chi connectivity index (χ3v) is 5.38. The molecule has 1 aliphatic rings. The van der Waals surface area contributed by atoms with Crippen molar-refractivity contribution in [1.82, 2.24) is 20.1 Å². The molecule has 0 bridgehead atoms. The third-order valence-electron chi connectivity index (χ3n) is 5.38. The molecule has 1 atom stereocenters. The Hall–Kier alpha value is -2.67. The van der Waals surface area contributed by atoms with Crippen LogP contribution in [-0.2, 0) is 0 Å². The second kappa shape index (κ2) is 9.22. The molecule has 1 fully saturated rings. The maximum absolute atomic E-state index is 13.0. The third kappa shape index (κ3) is 4.85. The lowest BCUT2D eigenvalue weighted by atomic mass is 10.0. The molecule has 1 aromatic heterocycles. The van der Waals surface area contributed by atoms with Gasteiger partial charge in [0.25, 0.3) is 11.8 Å². The zero-order valence-electron chi connectivity index (χ0n) is 17.6. The summed E-state index contributed by atoms with van der Waals surface area (Å²) in [6.45, 7) is 12.0. The number of carbonyl (C=O) groups is 2. The van der Waals surface area contributed by atoms with Gasteiger partial charge in [-0.25, -0.2) is 4.98 Å². The van der Waals surface area contributed by atoms with Gasteiger partial charge in [-0.05, 0) is 31.5 Å². The highest BCUT2D eigenvalue weighted by atomic mass is 16.4. The van der Waals surface area contributed by atoms with Crippen LogP contribution in [0.25, 0.3) is 0 Å². The average Bonchev–Trinajstić information content (AvgIpc) is 3.12. The number of oxazole rings is 1. The van der Waals surface area contributed by atoms with Crippen molar-refractivity contribution in [1.29, 1.82) is 0 Å². The van der Waals surface area contributed by atoms with E-state index in [1.807, 2.05) is 36.9 Å². The fourth-order valence-electron chi connectivity index (χ4n) is 3.49. The first-order chi connectivity index (χ1) is 13.9. The van der Waals surface area contributed by atoms with E-state index in [-0.39, 0.29) is 17.7 Å². The van der Waals surface area contributed by atoms with E-state index in [1.165, 1.54) is 0 Å². The van der Waals surface area contributed by atoms with Gasteiger partial charge in [0, 0.05) is 31.7 Å². The largest absolute Gasteiger partial charge is 0.443 e. The van der Waals surface area contributed by atoms with Gasteiger partial charge < -0.3 is 19.5 Å². The Kier molecular flexibility index (Phi) is 6.69. The van der Waals surface area contributed by atoms with Crippen molar-refractivity contribution in [2.45, 2.75) is 33.7 Å². The van der Waals surface area contributed by atoms with Crippen LogP contribution in [0.1, 0.15) is 59.3 Å². The first kappa shape index (κ1) is 21.0. The number of likely N-dealkylation sites (N-methyl/N-ethyl adjacent to an activating group) is 1. The fourth-order valence-corrected chi connectivity index (χ4v) is 3.49. The van der Waals surface area contributed by atoms with Crippen LogP contribution in [-0.4, -0.2) is 59.3 Å². The van der Waals surface area contributed by atoms with Crippen LogP contribution in [0.4, 0.5) is 0 Å². The quantitative estimate of drug-likeness (QED) is 0.809. The predicted molar refractivity (Wildman–Crippen MR) is 111 cm³/mol. The van der Waals surface area contributed by atoms with Crippen molar-refractivity contribution >= 4 is 11.8 Å². The Labute approximate surface area is 172 Å². The Bertz CT molecular complexity index is 839. The molecule has 2 aromatic rings. The van der Waals surface area contributed by atoms with Gasteiger partial charge in [-0.15, -0.1) is 0 Å². The number of nitrogens with one attached hydrogen (secondary N) is 1. The van der Waals surface area contributed by atoms with Gasteiger partial charge in [0.05, 0.1) is 0 Å². The summed E-state index contributed by atoms with van der Waals surface area (Å²) in [5.74, 6) is 0.616. The van der Waals surface area contributed by atoms with Crippen molar-refractivity contribution in [3.05, 3.63) is 53.2 Å². The molecule has 0 spiro atoms. The summed E-state index contributed by atoms with van der Waals surface area (Å²) in [6, 6.07) is 8.62. The Morgan fingerprint density at radius 3 is 2.38 bits per heavy atom. The summed E-state index contributed by atoms with van der Waals surface area (Å²) >= 11 is 0. The van der Waals surface area contributed by atoms with Crippen LogP contribution >= 0.6 is 0 Å². The van der Waals surface area contributed by atoms with Crippen molar-refractivity contribution in [3.8, 4) is 0 Å². The summed E-state index contributed by atoms with van der Waals surface area (Å²) < 4.78 is 5.85. The van der Waals surface area contributed by atoms with E-state index in [0.717, 1.165) is 19.6 Å². The van der Waals surface area contributed by atoms with E-state index in [1.54, 1.807) is 19.1 Å². The highest BCUT2D eigenvalue weighted by molar-refractivity contribution is 5.94. The summed E-state index contributed by atoms with van der Waals surface area (Å²) in [4.78, 5) is 34.2. The van der Waals surface area contributed by atoms with Crippen molar-refractivity contribution in [2.75, 3.05) is 32.7 Å². The normalized spacial score (nSPS) is 16.1. The minimum atomic E-state index is -0.417. The molecule has 0 aliphatic carbocycles. The summed E-state index contributed by atoms with van der Waals surface area (Å²) in [7, 11) is 0. The number of aromatic nitrogens is 1. The van der Waals surface area contributed by atoms with Crippen LogP contribution in [0.15, 0.2) is 34.7 Å². The van der Waals surface area contributed by atoms with Crippen molar-refractivity contribution in [2.24, 2.45) is 5.92 Å². The Morgan fingerprint density at radius 1 is 1.14 bits per heavy atom. The molecular formula is C22H30N4O3. The number of benzene rings is 1. The topological polar surface area (TPSA) is 78.7 Å². The molecule has 2 heterocycles. The monoisotopic (exact) mass is 398 g/mol. The molecule has 1 N–H and O–H groups in total. The number of amides is 2. The number of nitrogens with zero attached hydrogens (tertiary/aromatic N) is 3. The van der Waals surface area contributed by atoms with Crippen LogP contribution in [0.2, 0.25) is 0 Å². The average molecular weight is 399 g/mol. The van der Waals surface area contributed by atoms with E-state index in [4.69, 9.17) is 4.42 Å². The lowest BCUT2D eigenvalue weighted by Gasteiger charge is -2.33. The predicted octanol–water partition coefficient (Wildman–Crippen LogP) is 2.89. The van der Waals surface area contributed by atoms with Gasteiger partial charge in [-0.3, -0.25) is 9.59 Å². The van der Waals surface area contributed by atoms with E-state index >= 15 is 0 Å². The molecule has 156 valence electrons. The van der Waals surface area contributed by atoms with Crippen LogP contribution in [0, 0.1) is 12.8 Å². The molecule has 29 heavy (non-hydrogen) atoms. The number of hydrogen-bond acceptors (Lipinski definition) is 5. The van der Waals surface area contributed by atoms with Gasteiger partial charge >= 0.3 is 0 Å². The summed E-state index contributed by atoms with van der Waals surface area (Å²) in [6.07, 6.45) is 0. The van der Waals surface area contributed by atoms with Gasteiger partial charge in [-0.1, -0.05) is 39.0 Å². The molecular weight excluding hydrogens is 368 g/mol. The van der Waals surface area contributed by atoms with Crippen LogP contribution < -0.4 is 5.32 Å². The maximum atomic E-state index is 13.0. The SMILES string of the molecule is CCN1CCN(C(=O)c2nc([C@H](NC(=O)c3ccccc3)C(C)C)oc2C)CC1. The number of aryl methyl sites for hydroxylation is 1. The second-order valence-electron chi connectivity index (χ2n) is 7.74. The first-order valence-electron chi connectivity index (χ1n) is 10.3. The van der Waals surface area contributed by atoms with Crippen molar-refractivity contribution in [3.63, 3.8) is 0 Å². The maximum Gasteiger partial charge on any atom is 0.276 e. The number of piperazine rings is 1. The van der Waals surface area contributed by atoms with E-state index in [2.05, 4.69) is 22.1 Å². The van der Waals surface area contributed by atoms with E-state index in [9.17, 15) is 9.59 Å². The highest BCUT2D eigenvalue weighted by Gasteiger charge is 2.30. The van der Waals surface area contributed by atoms with E-state index in [0.29, 0.717) is 36.0 Å². The zero-order chi connectivity index (χ0) is 21.0. The van der Waals surface area contributed by atoms with Crippen LogP contribution in [0.5, 0.6) is 0 Å². The highest BCUT2D eigenvalue weighted by Crippen LogP contribution is 2.25. The molecule has 1 aromatic carbocycles.